The molecule has 4 nitrogen and oxygen atoms in total. The molecule has 0 aromatic carbocycles. The predicted octanol–water partition coefficient (Wildman–Crippen LogP) is 0.00520. The molecule has 1 aliphatic rings. The van der Waals surface area contributed by atoms with Gasteiger partial charge in [-0.2, -0.15) is 0 Å². The van der Waals surface area contributed by atoms with E-state index in [9.17, 15) is 8.42 Å². The van der Waals surface area contributed by atoms with Crippen LogP contribution in [0.15, 0.2) is 0 Å². The Hall–Kier alpha value is -0.130. The van der Waals surface area contributed by atoms with Gasteiger partial charge in [-0.05, 0) is 13.3 Å². The maximum Gasteiger partial charge on any atom is 0.214 e. The molecule has 1 fully saturated rings. The molecule has 0 bridgehead atoms. The Morgan fingerprint density at radius 1 is 1.54 bits per heavy atom. The Morgan fingerprint density at radius 3 is 2.46 bits per heavy atom. The van der Waals surface area contributed by atoms with E-state index in [-0.39, 0.29) is 11.8 Å². The average Bonchev–Trinajstić information content (AvgIpc) is 1.79. The topological polar surface area (TPSA) is 63.4 Å². The fourth-order valence-electron chi connectivity index (χ4n) is 1.42. The summed E-state index contributed by atoms with van der Waals surface area (Å²) in [4.78, 5) is 0. The second-order valence-electron chi connectivity index (χ2n) is 3.75. The van der Waals surface area contributed by atoms with Crippen LogP contribution in [-0.4, -0.2) is 37.6 Å². The maximum absolute atomic E-state index is 11.5. The van der Waals surface area contributed by atoms with E-state index in [4.69, 9.17) is 5.73 Å². The summed E-state index contributed by atoms with van der Waals surface area (Å²) < 4.78 is 24.5. The summed E-state index contributed by atoms with van der Waals surface area (Å²) in [6.45, 7) is 5.02. The van der Waals surface area contributed by atoms with Crippen LogP contribution < -0.4 is 5.73 Å². The third-order valence-corrected chi connectivity index (χ3v) is 4.48. The molecule has 1 unspecified atom stereocenters. The predicted molar refractivity (Wildman–Crippen MR) is 52.8 cm³/mol. The second-order valence-corrected chi connectivity index (χ2v) is 5.84. The molecule has 0 spiro atoms. The Labute approximate surface area is 80.1 Å². The smallest absolute Gasteiger partial charge is 0.214 e. The Bertz CT molecular complexity index is 255. The minimum Gasteiger partial charge on any atom is -0.328 e. The molecule has 0 aromatic rings. The molecule has 0 radical (unpaired) electrons. The number of nitrogens with zero attached hydrogens (tertiary/aromatic N) is 1. The van der Waals surface area contributed by atoms with E-state index in [1.807, 2.05) is 13.8 Å². The molecular formula is C8H18N2O2S. The summed E-state index contributed by atoms with van der Waals surface area (Å²) in [5.41, 5.74) is 5.66. The highest BCUT2D eigenvalue weighted by Gasteiger charge is 2.36. The van der Waals surface area contributed by atoms with E-state index < -0.39 is 10.0 Å². The molecule has 78 valence electrons. The number of sulfonamides is 1. The summed E-state index contributed by atoms with van der Waals surface area (Å²) in [6.07, 6.45) is 0.682. The minimum atomic E-state index is -2.96. The van der Waals surface area contributed by atoms with Gasteiger partial charge in [0.2, 0.25) is 10.0 Å². The van der Waals surface area contributed by atoms with Gasteiger partial charge in [0, 0.05) is 25.0 Å². The summed E-state index contributed by atoms with van der Waals surface area (Å²) >= 11 is 0. The monoisotopic (exact) mass is 206 g/mol. The molecule has 1 heterocycles. The van der Waals surface area contributed by atoms with Crippen molar-refractivity contribution in [3.8, 4) is 0 Å². The molecule has 0 aliphatic carbocycles. The summed E-state index contributed by atoms with van der Waals surface area (Å²) in [7, 11) is -2.96. The molecule has 1 aliphatic heterocycles. The van der Waals surface area contributed by atoms with Gasteiger partial charge in [0.15, 0.2) is 0 Å². The van der Waals surface area contributed by atoms with Crippen LogP contribution in [0.5, 0.6) is 0 Å². The fourth-order valence-corrected chi connectivity index (χ4v) is 3.03. The molecule has 1 atom stereocenters. The Kier molecular flexibility index (Phi) is 3.32. The maximum atomic E-state index is 11.5. The number of hydrogen-bond acceptors (Lipinski definition) is 3. The van der Waals surface area contributed by atoms with E-state index >= 15 is 0 Å². The van der Waals surface area contributed by atoms with Gasteiger partial charge in [-0.1, -0.05) is 6.92 Å². The largest absolute Gasteiger partial charge is 0.328 e. The molecule has 13 heavy (non-hydrogen) atoms. The van der Waals surface area contributed by atoms with Crippen LogP contribution >= 0.6 is 0 Å². The lowest BCUT2D eigenvalue weighted by Gasteiger charge is -2.40. The van der Waals surface area contributed by atoms with Crippen molar-refractivity contribution >= 4 is 10.0 Å². The van der Waals surface area contributed by atoms with Crippen LogP contribution in [0.1, 0.15) is 20.3 Å². The minimum absolute atomic E-state index is 0.105. The summed E-state index contributed by atoms with van der Waals surface area (Å²) in [5.74, 6) is 0.616. The molecule has 0 amide bonds. The highest BCUT2D eigenvalue weighted by atomic mass is 32.2. The third-order valence-electron chi connectivity index (χ3n) is 2.48. The third kappa shape index (κ3) is 2.42. The van der Waals surface area contributed by atoms with E-state index in [0.29, 0.717) is 25.4 Å². The lowest BCUT2D eigenvalue weighted by molar-refractivity contribution is 0.177. The van der Waals surface area contributed by atoms with Crippen LogP contribution in [0.25, 0.3) is 0 Å². The number of hydrogen-bond donors (Lipinski definition) is 1. The van der Waals surface area contributed by atoms with Gasteiger partial charge in [-0.25, -0.2) is 12.7 Å². The first kappa shape index (κ1) is 10.9. The second kappa shape index (κ2) is 3.94. The summed E-state index contributed by atoms with van der Waals surface area (Å²) in [6, 6.07) is 0.105. The van der Waals surface area contributed by atoms with Crippen molar-refractivity contribution in [3.05, 3.63) is 0 Å². The summed E-state index contributed by atoms with van der Waals surface area (Å²) in [5, 5.41) is 0. The fraction of sp³-hybridized carbons (Fsp3) is 1.00. The van der Waals surface area contributed by atoms with Gasteiger partial charge in [0.1, 0.15) is 0 Å². The van der Waals surface area contributed by atoms with Crippen LogP contribution in [-0.2, 0) is 10.0 Å². The quantitative estimate of drug-likeness (QED) is 0.704. The van der Waals surface area contributed by atoms with Gasteiger partial charge < -0.3 is 5.73 Å². The lowest BCUT2D eigenvalue weighted by Crippen LogP contribution is -2.56. The molecule has 1 rings (SSSR count). The molecule has 1 saturated heterocycles. The van der Waals surface area contributed by atoms with Crippen LogP contribution in [0.2, 0.25) is 0 Å². The van der Waals surface area contributed by atoms with Crippen molar-refractivity contribution in [2.24, 2.45) is 11.7 Å². The van der Waals surface area contributed by atoms with Crippen molar-refractivity contribution in [2.75, 3.05) is 18.8 Å². The van der Waals surface area contributed by atoms with Crippen LogP contribution in [0.4, 0.5) is 0 Å². The van der Waals surface area contributed by atoms with Crippen LogP contribution in [0, 0.1) is 5.92 Å². The zero-order valence-corrected chi connectivity index (χ0v) is 9.05. The highest BCUT2D eigenvalue weighted by Crippen LogP contribution is 2.21. The number of rotatable bonds is 4. The average molecular weight is 206 g/mol. The molecule has 2 N–H and O–H groups in total. The zero-order valence-electron chi connectivity index (χ0n) is 8.23. The first-order valence-electron chi connectivity index (χ1n) is 4.70. The SMILES string of the molecule is CCCS(=O)(=O)N1CC(C(C)N)C1. The van der Waals surface area contributed by atoms with Gasteiger partial charge in [0.25, 0.3) is 0 Å². The van der Waals surface area contributed by atoms with Crippen molar-refractivity contribution in [1.82, 2.24) is 4.31 Å². The van der Waals surface area contributed by atoms with Crippen molar-refractivity contribution < 1.29 is 8.42 Å². The van der Waals surface area contributed by atoms with Gasteiger partial charge >= 0.3 is 0 Å². The standard InChI is InChI=1S/C8H18N2O2S/c1-3-4-13(11,12)10-5-8(6-10)7(2)9/h7-8H,3-6,9H2,1-2H3. The first-order chi connectivity index (χ1) is 5.97. The first-order valence-corrected chi connectivity index (χ1v) is 6.31. The molecule has 0 saturated carbocycles. The van der Waals surface area contributed by atoms with Crippen molar-refractivity contribution in [1.29, 1.82) is 0 Å². The van der Waals surface area contributed by atoms with E-state index in [2.05, 4.69) is 0 Å². The van der Waals surface area contributed by atoms with E-state index in [1.165, 1.54) is 4.31 Å². The van der Waals surface area contributed by atoms with Gasteiger partial charge in [0.05, 0.1) is 5.75 Å². The molecular weight excluding hydrogens is 188 g/mol. The van der Waals surface area contributed by atoms with Crippen molar-refractivity contribution in [2.45, 2.75) is 26.3 Å². The normalized spacial score (nSPS) is 22.7. The van der Waals surface area contributed by atoms with Crippen molar-refractivity contribution in [3.63, 3.8) is 0 Å². The number of nitrogens with two attached hydrogens (primary N) is 1. The zero-order chi connectivity index (χ0) is 10.1. The van der Waals surface area contributed by atoms with Gasteiger partial charge in [-0.3, -0.25) is 0 Å². The van der Waals surface area contributed by atoms with Crippen LogP contribution in [0.3, 0.4) is 0 Å². The molecule has 0 aromatic heterocycles. The Balaban J connectivity index is 2.43. The van der Waals surface area contributed by atoms with Gasteiger partial charge in [-0.15, -0.1) is 0 Å². The lowest BCUT2D eigenvalue weighted by atomic mass is 9.96. The van der Waals surface area contributed by atoms with E-state index in [1.54, 1.807) is 0 Å². The van der Waals surface area contributed by atoms with E-state index in [0.717, 1.165) is 0 Å². The highest BCUT2D eigenvalue weighted by molar-refractivity contribution is 7.89. The Morgan fingerprint density at radius 2 is 2.08 bits per heavy atom. The molecule has 5 heteroatoms.